The van der Waals surface area contributed by atoms with E-state index in [1.54, 1.807) is 0 Å². The highest BCUT2D eigenvalue weighted by Crippen LogP contribution is 2.19. The third kappa shape index (κ3) is 4.96. The molecule has 1 saturated heterocycles. The first-order valence-corrected chi connectivity index (χ1v) is 6.85. The van der Waals surface area contributed by atoms with Crippen LogP contribution >= 0.6 is 0 Å². The van der Waals surface area contributed by atoms with E-state index in [0.717, 1.165) is 31.1 Å². The van der Waals surface area contributed by atoms with Crippen LogP contribution in [0.5, 0.6) is 11.5 Å². The highest BCUT2D eigenvalue weighted by molar-refractivity contribution is 5.31. The highest BCUT2D eigenvalue weighted by atomic mass is 16.6. The quantitative estimate of drug-likeness (QED) is 0.497. The van der Waals surface area contributed by atoms with Gasteiger partial charge in [0.05, 0.1) is 13.2 Å². The number of rotatable bonds is 9. The molecule has 3 heteroatoms. The Hall–Kier alpha value is -1.22. The molecule has 2 rings (SSSR count). The SMILES string of the molecule is CCCCCCOc1ccc(OCC2CO2)cc1. The Balaban J connectivity index is 1.63. The van der Waals surface area contributed by atoms with Crippen molar-refractivity contribution in [3.05, 3.63) is 24.3 Å². The van der Waals surface area contributed by atoms with Crippen molar-refractivity contribution in [3.63, 3.8) is 0 Å². The maximum Gasteiger partial charge on any atom is 0.119 e. The number of ether oxygens (including phenoxy) is 3. The van der Waals surface area contributed by atoms with Crippen molar-refractivity contribution < 1.29 is 14.2 Å². The second-order valence-electron chi connectivity index (χ2n) is 4.65. The summed E-state index contributed by atoms with van der Waals surface area (Å²) in [4.78, 5) is 0. The van der Waals surface area contributed by atoms with Crippen LogP contribution in [-0.4, -0.2) is 25.9 Å². The molecule has 0 spiro atoms. The largest absolute Gasteiger partial charge is 0.494 e. The lowest BCUT2D eigenvalue weighted by Gasteiger charge is -2.07. The minimum absolute atomic E-state index is 0.305. The molecule has 1 aromatic carbocycles. The summed E-state index contributed by atoms with van der Waals surface area (Å²) < 4.78 is 16.3. The van der Waals surface area contributed by atoms with Gasteiger partial charge in [-0.05, 0) is 30.7 Å². The summed E-state index contributed by atoms with van der Waals surface area (Å²) >= 11 is 0. The normalized spacial score (nSPS) is 17.5. The van der Waals surface area contributed by atoms with Crippen molar-refractivity contribution in [2.24, 2.45) is 0 Å². The van der Waals surface area contributed by atoms with E-state index in [-0.39, 0.29) is 0 Å². The fourth-order valence-electron chi connectivity index (χ4n) is 1.70. The molecule has 0 radical (unpaired) electrons. The van der Waals surface area contributed by atoms with Gasteiger partial charge in [0.25, 0.3) is 0 Å². The first kappa shape index (κ1) is 13.2. The van der Waals surface area contributed by atoms with Crippen LogP contribution in [-0.2, 0) is 4.74 Å². The van der Waals surface area contributed by atoms with Crippen LogP contribution in [0.3, 0.4) is 0 Å². The smallest absolute Gasteiger partial charge is 0.119 e. The molecule has 1 heterocycles. The average molecular weight is 250 g/mol. The van der Waals surface area contributed by atoms with Gasteiger partial charge in [0.2, 0.25) is 0 Å². The topological polar surface area (TPSA) is 31.0 Å². The summed E-state index contributed by atoms with van der Waals surface area (Å²) in [5, 5.41) is 0. The van der Waals surface area contributed by atoms with Gasteiger partial charge in [0.1, 0.15) is 24.2 Å². The molecule has 1 atom stereocenters. The van der Waals surface area contributed by atoms with Gasteiger partial charge in [-0.2, -0.15) is 0 Å². The van der Waals surface area contributed by atoms with Crippen LogP contribution in [0, 0.1) is 0 Å². The molecule has 0 N–H and O–H groups in total. The van der Waals surface area contributed by atoms with E-state index in [0.29, 0.717) is 12.7 Å². The second kappa shape index (κ2) is 7.27. The highest BCUT2D eigenvalue weighted by Gasteiger charge is 2.22. The number of benzene rings is 1. The number of hydrogen-bond acceptors (Lipinski definition) is 3. The third-order valence-corrected chi connectivity index (χ3v) is 2.93. The summed E-state index contributed by atoms with van der Waals surface area (Å²) in [6, 6.07) is 7.82. The monoisotopic (exact) mass is 250 g/mol. The van der Waals surface area contributed by atoms with Gasteiger partial charge in [-0.15, -0.1) is 0 Å². The molecule has 3 nitrogen and oxygen atoms in total. The molecule has 1 aliphatic heterocycles. The number of epoxide rings is 1. The summed E-state index contributed by atoms with van der Waals surface area (Å²) in [5.41, 5.74) is 0. The van der Waals surface area contributed by atoms with Crippen molar-refractivity contribution in [2.45, 2.75) is 38.7 Å². The van der Waals surface area contributed by atoms with Gasteiger partial charge in [0, 0.05) is 0 Å². The number of unbranched alkanes of at least 4 members (excludes halogenated alkanes) is 3. The van der Waals surface area contributed by atoms with Crippen molar-refractivity contribution in [2.75, 3.05) is 19.8 Å². The zero-order valence-corrected chi connectivity index (χ0v) is 11.1. The Bertz CT molecular complexity index is 330. The maximum atomic E-state index is 5.67. The molecule has 1 unspecified atom stereocenters. The summed E-state index contributed by atoms with van der Waals surface area (Å²) in [6.07, 6.45) is 5.24. The van der Waals surface area contributed by atoms with Crippen molar-refractivity contribution in [3.8, 4) is 11.5 Å². The third-order valence-electron chi connectivity index (χ3n) is 2.93. The van der Waals surface area contributed by atoms with E-state index in [9.17, 15) is 0 Å². The lowest BCUT2D eigenvalue weighted by atomic mass is 10.2. The summed E-state index contributed by atoms with van der Waals surface area (Å²) in [7, 11) is 0. The Kier molecular flexibility index (Phi) is 5.34. The first-order valence-electron chi connectivity index (χ1n) is 6.85. The molecule has 0 saturated carbocycles. The Morgan fingerprint density at radius 2 is 1.72 bits per heavy atom. The summed E-state index contributed by atoms with van der Waals surface area (Å²) in [6.45, 7) is 4.50. The molecule has 0 amide bonds. The minimum Gasteiger partial charge on any atom is -0.494 e. The average Bonchev–Trinajstić information content (AvgIpc) is 3.22. The first-order chi connectivity index (χ1) is 8.88. The summed E-state index contributed by atoms with van der Waals surface area (Å²) in [5.74, 6) is 1.80. The second-order valence-corrected chi connectivity index (χ2v) is 4.65. The fourth-order valence-corrected chi connectivity index (χ4v) is 1.70. The van der Waals surface area contributed by atoms with E-state index in [2.05, 4.69) is 6.92 Å². The Labute approximate surface area is 109 Å². The van der Waals surface area contributed by atoms with E-state index in [4.69, 9.17) is 14.2 Å². The van der Waals surface area contributed by atoms with Gasteiger partial charge < -0.3 is 14.2 Å². The molecule has 1 aliphatic rings. The predicted octanol–water partition coefficient (Wildman–Crippen LogP) is 3.42. The van der Waals surface area contributed by atoms with Gasteiger partial charge >= 0.3 is 0 Å². The van der Waals surface area contributed by atoms with E-state index < -0.39 is 0 Å². The molecule has 0 bridgehead atoms. The lowest BCUT2D eigenvalue weighted by molar-refractivity contribution is 0.262. The zero-order valence-electron chi connectivity index (χ0n) is 11.1. The van der Waals surface area contributed by atoms with Crippen LogP contribution in [0.15, 0.2) is 24.3 Å². The lowest BCUT2D eigenvalue weighted by Crippen LogP contribution is -2.04. The Morgan fingerprint density at radius 3 is 2.33 bits per heavy atom. The zero-order chi connectivity index (χ0) is 12.6. The molecular formula is C15H22O3. The van der Waals surface area contributed by atoms with Crippen LogP contribution in [0.25, 0.3) is 0 Å². The minimum atomic E-state index is 0.305. The standard InChI is InChI=1S/C15H22O3/c1-2-3-4-5-10-16-13-6-8-14(9-7-13)17-11-15-12-18-15/h6-9,15H,2-5,10-12H2,1H3. The maximum absolute atomic E-state index is 5.67. The van der Waals surface area contributed by atoms with Crippen molar-refractivity contribution in [1.29, 1.82) is 0 Å². The van der Waals surface area contributed by atoms with Crippen LogP contribution in [0.4, 0.5) is 0 Å². The predicted molar refractivity (Wildman–Crippen MR) is 71.3 cm³/mol. The van der Waals surface area contributed by atoms with Crippen molar-refractivity contribution in [1.82, 2.24) is 0 Å². The van der Waals surface area contributed by atoms with Gasteiger partial charge in [0.15, 0.2) is 0 Å². The van der Waals surface area contributed by atoms with Gasteiger partial charge in [-0.3, -0.25) is 0 Å². The molecule has 0 aliphatic carbocycles. The van der Waals surface area contributed by atoms with E-state index in [1.807, 2.05) is 24.3 Å². The van der Waals surface area contributed by atoms with E-state index in [1.165, 1.54) is 19.3 Å². The van der Waals surface area contributed by atoms with Gasteiger partial charge in [-0.25, -0.2) is 0 Å². The molecule has 1 aromatic rings. The molecular weight excluding hydrogens is 228 g/mol. The molecule has 1 fully saturated rings. The van der Waals surface area contributed by atoms with Crippen LogP contribution < -0.4 is 9.47 Å². The molecule has 0 aromatic heterocycles. The van der Waals surface area contributed by atoms with Gasteiger partial charge in [-0.1, -0.05) is 26.2 Å². The number of hydrogen-bond donors (Lipinski definition) is 0. The molecule has 100 valence electrons. The van der Waals surface area contributed by atoms with Crippen LogP contribution in [0.1, 0.15) is 32.6 Å². The molecule has 18 heavy (non-hydrogen) atoms. The van der Waals surface area contributed by atoms with Crippen molar-refractivity contribution >= 4 is 0 Å². The fraction of sp³-hybridized carbons (Fsp3) is 0.600. The Morgan fingerprint density at radius 1 is 1.06 bits per heavy atom. The van der Waals surface area contributed by atoms with Crippen LogP contribution in [0.2, 0.25) is 0 Å². The van der Waals surface area contributed by atoms with E-state index >= 15 is 0 Å².